The molecule has 1 atom stereocenters. The van der Waals surface area contributed by atoms with Crippen molar-refractivity contribution in [2.24, 2.45) is 5.92 Å². The van der Waals surface area contributed by atoms with Gasteiger partial charge in [0.15, 0.2) is 0 Å². The molecule has 1 aliphatic carbocycles. The topological polar surface area (TPSA) is 32.3 Å². The number of rotatable bonds is 4. The van der Waals surface area contributed by atoms with E-state index >= 15 is 0 Å². The van der Waals surface area contributed by atoms with Gasteiger partial charge in [0.2, 0.25) is 0 Å². The van der Waals surface area contributed by atoms with Crippen molar-refractivity contribution >= 4 is 11.6 Å². The van der Waals surface area contributed by atoms with Crippen molar-refractivity contribution in [2.45, 2.75) is 45.2 Å². The van der Waals surface area contributed by atoms with E-state index in [0.29, 0.717) is 17.6 Å². The third-order valence-electron chi connectivity index (χ3n) is 3.80. The van der Waals surface area contributed by atoms with E-state index in [1.165, 1.54) is 25.7 Å². The molecule has 0 unspecified atom stereocenters. The maximum atomic E-state index is 9.75. The van der Waals surface area contributed by atoms with Crippen molar-refractivity contribution in [1.29, 1.82) is 0 Å². The van der Waals surface area contributed by atoms with Crippen LogP contribution in [0.25, 0.3) is 0 Å². The molecule has 0 heterocycles. The monoisotopic (exact) mass is 253 g/mol. The lowest BCUT2D eigenvalue weighted by atomic mass is 9.99. The zero-order valence-electron chi connectivity index (χ0n) is 10.2. The number of halogens is 1. The van der Waals surface area contributed by atoms with Gasteiger partial charge in [0, 0.05) is 23.2 Å². The summed E-state index contributed by atoms with van der Waals surface area (Å²) in [5, 5.41) is 13.9. The van der Waals surface area contributed by atoms with E-state index in [4.69, 9.17) is 11.6 Å². The van der Waals surface area contributed by atoms with Crippen LogP contribution in [0.4, 0.5) is 0 Å². The zero-order valence-corrected chi connectivity index (χ0v) is 11.0. The van der Waals surface area contributed by atoms with Gasteiger partial charge in [0.05, 0.1) is 0 Å². The summed E-state index contributed by atoms with van der Waals surface area (Å²) >= 11 is 6.07. The molecule has 3 heteroatoms. The lowest BCUT2D eigenvalue weighted by molar-refractivity contribution is 0.376. The van der Waals surface area contributed by atoms with E-state index in [-0.39, 0.29) is 5.75 Å². The van der Waals surface area contributed by atoms with E-state index in [2.05, 4.69) is 12.2 Å². The van der Waals surface area contributed by atoms with Crippen LogP contribution in [0.15, 0.2) is 18.2 Å². The Kier molecular flexibility index (Phi) is 4.30. The highest BCUT2D eigenvalue weighted by Crippen LogP contribution is 2.29. The van der Waals surface area contributed by atoms with E-state index in [1.807, 2.05) is 6.07 Å². The first-order chi connectivity index (χ1) is 8.18. The maximum Gasteiger partial charge on any atom is 0.121 e. The highest BCUT2D eigenvalue weighted by Gasteiger charge is 2.21. The van der Waals surface area contributed by atoms with Gasteiger partial charge < -0.3 is 10.4 Å². The molecule has 1 aromatic rings. The second kappa shape index (κ2) is 5.74. The van der Waals surface area contributed by atoms with Crippen LogP contribution < -0.4 is 5.32 Å². The molecule has 1 aliphatic rings. The van der Waals surface area contributed by atoms with Gasteiger partial charge >= 0.3 is 0 Å². The maximum absolute atomic E-state index is 9.75. The van der Waals surface area contributed by atoms with E-state index in [9.17, 15) is 5.11 Å². The van der Waals surface area contributed by atoms with Crippen molar-refractivity contribution in [3.63, 3.8) is 0 Å². The molecule has 0 radical (unpaired) electrons. The second-order valence-electron chi connectivity index (χ2n) is 4.95. The number of hydrogen-bond acceptors (Lipinski definition) is 2. The Morgan fingerprint density at radius 2 is 2.12 bits per heavy atom. The molecule has 2 nitrogen and oxygen atoms in total. The molecule has 94 valence electrons. The van der Waals surface area contributed by atoms with Gasteiger partial charge in [-0.25, -0.2) is 0 Å². The Balaban J connectivity index is 1.92. The quantitative estimate of drug-likeness (QED) is 0.857. The summed E-state index contributed by atoms with van der Waals surface area (Å²) in [4.78, 5) is 0. The molecule has 1 aromatic carbocycles. The molecule has 1 saturated carbocycles. The Labute approximate surface area is 108 Å². The number of benzene rings is 1. The highest BCUT2D eigenvalue weighted by molar-refractivity contribution is 6.31. The Morgan fingerprint density at radius 1 is 1.41 bits per heavy atom. The molecule has 0 aliphatic heterocycles. The number of phenolic OH excluding ortho intramolecular Hbond substituents is 1. The minimum absolute atomic E-state index is 0.281. The number of phenols is 1. The van der Waals surface area contributed by atoms with Gasteiger partial charge in [-0.15, -0.1) is 0 Å². The molecule has 1 fully saturated rings. The number of hydrogen-bond donors (Lipinski definition) is 2. The molecular weight excluding hydrogens is 234 g/mol. The number of nitrogens with one attached hydrogen (secondary N) is 1. The van der Waals surface area contributed by atoms with Crippen LogP contribution in [0.5, 0.6) is 5.75 Å². The average Bonchev–Trinajstić information content (AvgIpc) is 2.81. The van der Waals surface area contributed by atoms with Crippen molar-refractivity contribution in [2.75, 3.05) is 0 Å². The van der Waals surface area contributed by atoms with E-state index in [1.54, 1.807) is 12.1 Å². The largest absolute Gasteiger partial charge is 0.508 e. The first-order valence-electron chi connectivity index (χ1n) is 6.38. The molecule has 0 amide bonds. The second-order valence-corrected chi connectivity index (χ2v) is 5.36. The molecule has 0 bridgehead atoms. The van der Waals surface area contributed by atoms with Crippen LogP contribution in [-0.2, 0) is 6.54 Å². The first kappa shape index (κ1) is 12.7. The van der Waals surface area contributed by atoms with Crippen molar-refractivity contribution < 1.29 is 5.11 Å². The normalized spacial score (nSPS) is 18.5. The van der Waals surface area contributed by atoms with Crippen LogP contribution in [-0.4, -0.2) is 11.1 Å². The Bertz CT molecular complexity index is 354. The van der Waals surface area contributed by atoms with Crippen molar-refractivity contribution in [3.05, 3.63) is 28.8 Å². The predicted molar refractivity (Wildman–Crippen MR) is 71.4 cm³/mol. The van der Waals surface area contributed by atoms with Gasteiger partial charge in [0.1, 0.15) is 5.75 Å². The Hall–Kier alpha value is -0.730. The molecule has 2 rings (SSSR count). The molecule has 0 saturated heterocycles. The Morgan fingerprint density at radius 3 is 2.76 bits per heavy atom. The fraction of sp³-hybridized carbons (Fsp3) is 0.571. The average molecular weight is 254 g/mol. The summed E-state index contributed by atoms with van der Waals surface area (Å²) < 4.78 is 0. The molecular formula is C14H20ClNO. The minimum atomic E-state index is 0.281. The van der Waals surface area contributed by atoms with Gasteiger partial charge in [0.25, 0.3) is 0 Å². The lowest BCUT2D eigenvalue weighted by Crippen LogP contribution is -2.31. The molecule has 0 spiro atoms. The fourth-order valence-corrected chi connectivity index (χ4v) is 2.85. The summed E-state index contributed by atoms with van der Waals surface area (Å²) in [5.41, 5.74) is 0.805. The summed E-state index contributed by atoms with van der Waals surface area (Å²) in [7, 11) is 0. The predicted octanol–water partition coefficient (Wildman–Crippen LogP) is 3.71. The summed E-state index contributed by atoms with van der Waals surface area (Å²) in [6.07, 6.45) is 5.35. The van der Waals surface area contributed by atoms with Crippen molar-refractivity contribution in [1.82, 2.24) is 5.32 Å². The van der Waals surface area contributed by atoms with Gasteiger partial charge in [-0.3, -0.25) is 0 Å². The standard InChI is InChI=1S/C14H20ClNO/c1-10(11-5-2-3-6-11)16-9-12-13(15)7-4-8-14(12)17/h4,7-8,10-11,16-17H,2-3,5-6,9H2,1H3/t10-/m1/s1. The smallest absolute Gasteiger partial charge is 0.121 e. The highest BCUT2D eigenvalue weighted by atomic mass is 35.5. The zero-order chi connectivity index (χ0) is 12.3. The lowest BCUT2D eigenvalue weighted by Gasteiger charge is -2.21. The fourth-order valence-electron chi connectivity index (χ4n) is 2.61. The van der Waals surface area contributed by atoms with Crippen LogP contribution >= 0.6 is 11.6 Å². The van der Waals surface area contributed by atoms with Crippen LogP contribution in [0.3, 0.4) is 0 Å². The van der Waals surface area contributed by atoms with E-state index in [0.717, 1.165) is 11.5 Å². The third-order valence-corrected chi connectivity index (χ3v) is 4.16. The van der Waals surface area contributed by atoms with Crippen molar-refractivity contribution in [3.8, 4) is 5.75 Å². The first-order valence-corrected chi connectivity index (χ1v) is 6.76. The van der Waals surface area contributed by atoms with Crippen LogP contribution in [0, 0.1) is 5.92 Å². The molecule has 2 N–H and O–H groups in total. The summed E-state index contributed by atoms with van der Waals surface area (Å²) in [6, 6.07) is 5.76. The molecule has 0 aromatic heterocycles. The van der Waals surface area contributed by atoms with Crippen LogP contribution in [0.1, 0.15) is 38.2 Å². The summed E-state index contributed by atoms with van der Waals surface area (Å²) in [5.74, 6) is 1.06. The molecule has 17 heavy (non-hydrogen) atoms. The van der Waals surface area contributed by atoms with Gasteiger partial charge in [-0.2, -0.15) is 0 Å². The summed E-state index contributed by atoms with van der Waals surface area (Å²) in [6.45, 7) is 2.87. The number of aromatic hydroxyl groups is 1. The SMILES string of the molecule is C[C@@H](NCc1c(O)cccc1Cl)C1CCCC1. The van der Waals surface area contributed by atoms with Gasteiger partial charge in [-0.1, -0.05) is 30.5 Å². The van der Waals surface area contributed by atoms with Gasteiger partial charge in [-0.05, 0) is 37.8 Å². The third kappa shape index (κ3) is 3.14. The van der Waals surface area contributed by atoms with E-state index < -0.39 is 0 Å². The minimum Gasteiger partial charge on any atom is -0.508 e. The van der Waals surface area contributed by atoms with Crippen LogP contribution in [0.2, 0.25) is 5.02 Å².